The van der Waals surface area contributed by atoms with Gasteiger partial charge in [-0.3, -0.25) is 4.79 Å². The summed E-state index contributed by atoms with van der Waals surface area (Å²) < 4.78 is 32.4. The van der Waals surface area contributed by atoms with Crippen LogP contribution in [0.3, 0.4) is 0 Å². The van der Waals surface area contributed by atoms with Gasteiger partial charge in [0.2, 0.25) is 10.0 Å². The van der Waals surface area contributed by atoms with Gasteiger partial charge in [0.25, 0.3) is 5.91 Å². The molecule has 1 saturated carbocycles. The molecule has 1 aliphatic carbocycles. The number of sulfonamides is 1. The van der Waals surface area contributed by atoms with E-state index in [1.807, 2.05) is 0 Å². The predicted molar refractivity (Wildman–Crippen MR) is 90.0 cm³/mol. The fraction of sp³-hybridized carbons (Fsp3) is 0.471. The summed E-state index contributed by atoms with van der Waals surface area (Å²) in [6.45, 7) is 1.56. The van der Waals surface area contributed by atoms with Crippen molar-refractivity contribution in [2.75, 3.05) is 31.6 Å². The van der Waals surface area contributed by atoms with Crippen LogP contribution in [-0.2, 0) is 19.6 Å². The molecule has 24 heavy (non-hydrogen) atoms. The Bertz CT molecular complexity index is 815. The molecule has 0 spiro atoms. The number of hydrogen-bond donors (Lipinski definition) is 1. The SMILES string of the molecule is O=C1Nc2ccc(S(=O)(=O)N3CCOCC3)cc2C1=C1CCCC1. The van der Waals surface area contributed by atoms with E-state index in [1.165, 1.54) is 4.31 Å². The summed E-state index contributed by atoms with van der Waals surface area (Å²) in [6, 6.07) is 4.92. The molecule has 1 N–H and O–H groups in total. The fourth-order valence-electron chi connectivity index (χ4n) is 3.65. The average Bonchev–Trinajstić information content (AvgIpc) is 3.21. The zero-order valence-corrected chi connectivity index (χ0v) is 14.2. The summed E-state index contributed by atoms with van der Waals surface area (Å²) in [5, 5.41) is 2.86. The number of morpholine rings is 1. The normalized spacial score (nSPS) is 21.9. The van der Waals surface area contributed by atoms with Crippen LogP contribution in [0, 0.1) is 0 Å². The minimum atomic E-state index is -3.56. The van der Waals surface area contributed by atoms with E-state index in [2.05, 4.69) is 5.32 Å². The number of amides is 1. The Kier molecular flexibility index (Phi) is 3.94. The number of allylic oxidation sites excluding steroid dienone is 1. The molecule has 3 aliphatic rings. The zero-order chi connectivity index (χ0) is 16.7. The van der Waals surface area contributed by atoms with Crippen molar-refractivity contribution in [3.05, 3.63) is 29.3 Å². The van der Waals surface area contributed by atoms with Crippen molar-refractivity contribution in [3.63, 3.8) is 0 Å². The average molecular weight is 348 g/mol. The summed E-state index contributed by atoms with van der Waals surface area (Å²) in [6.07, 6.45) is 4.02. The Labute approximate surface area is 141 Å². The van der Waals surface area contributed by atoms with Crippen LogP contribution in [0.4, 0.5) is 5.69 Å². The molecule has 0 unspecified atom stereocenters. The largest absolute Gasteiger partial charge is 0.379 e. The third-order valence-corrected chi connectivity index (χ3v) is 6.80. The third kappa shape index (κ3) is 2.56. The molecule has 2 heterocycles. The second-order valence-electron chi connectivity index (χ2n) is 6.36. The second kappa shape index (κ2) is 5.98. The summed E-state index contributed by atoms with van der Waals surface area (Å²) in [4.78, 5) is 12.6. The molecule has 0 bridgehead atoms. The number of carbonyl (C=O) groups is 1. The van der Waals surface area contributed by atoms with E-state index in [0.29, 0.717) is 37.6 Å². The number of rotatable bonds is 2. The van der Waals surface area contributed by atoms with Gasteiger partial charge in [0.1, 0.15) is 0 Å². The van der Waals surface area contributed by atoms with Gasteiger partial charge < -0.3 is 10.1 Å². The molecule has 1 aromatic carbocycles. The lowest BCUT2D eigenvalue weighted by Gasteiger charge is -2.26. The van der Waals surface area contributed by atoms with Crippen LogP contribution in [0.25, 0.3) is 5.57 Å². The van der Waals surface area contributed by atoms with E-state index in [4.69, 9.17) is 4.74 Å². The molecule has 128 valence electrons. The molecular formula is C17H20N2O4S. The minimum Gasteiger partial charge on any atom is -0.379 e. The first kappa shape index (κ1) is 15.8. The van der Waals surface area contributed by atoms with E-state index >= 15 is 0 Å². The molecule has 4 rings (SSSR count). The summed E-state index contributed by atoms with van der Waals surface area (Å²) in [5.74, 6) is -0.108. The van der Waals surface area contributed by atoms with E-state index in [-0.39, 0.29) is 10.8 Å². The molecule has 6 nitrogen and oxygen atoms in total. The van der Waals surface area contributed by atoms with Gasteiger partial charge in [-0.25, -0.2) is 8.42 Å². The monoisotopic (exact) mass is 348 g/mol. The number of hydrogen-bond acceptors (Lipinski definition) is 4. The Morgan fingerprint density at radius 3 is 2.50 bits per heavy atom. The number of benzene rings is 1. The number of anilines is 1. The molecule has 2 aliphatic heterocycles. The van der Waals surface area contributed by atoms with Crippen molar-refractivity contribution in [2.24, 2.45) is 0 Å². The molecule has 1 aromatic rings. The summed E-state index contributed by atoms with van der Waals surface area (Å²) >= 11 is 0. The van der Waals surface area contributed by atoms with E-state index in [0.717, 1.165) is 36.8 Å². The van der Waals surface area contributed by atoms with Gasteiger partial charge in [0.05, 0.1) is 18.1 Å². The lowest BCUT2D eigenvalue weighted by atomic mass is 10.00. The highest BCUT2D eigenvalue weighted by Gasteiger charge is 2.32. The van der Waals surface area contributed by atoms with Crippen molar-refractivity contribution < 1.29 is 17.9 Å². The van der Waals surface area contributed by atoms with Crippen molar-refractivity contribution in [3.8, 4) is 0 Å². The maximum Gasteiger partial charge on any atom is 0.256 e. The maximum atomic E-state index is 12.8. The third-order valence-electron chi connectivity index (χ3n) is 4.90. The van der Waals surface area contributed by atoms with Gasteiger partial charge in [-0.15, -0.1) is 0 Å². The van der Waals surface area contributed by atoms with Crippen LogP contribution in [0.2, 0.25) is 0 Å². The smallest absolute Gasteiger partial charge is 0.256 e. The van der Waals surface area contributed by atoms with Crippen molar-refractivity contribution in [2.45, 2.75) is 30.6 Å². The van der Waals surface area contributed by atoms with Crippen LogP contribution in [-0.4, -0.2) is 44.9 Å². The van der Waals surface area contributed by atoms with E-state index in [9.17, 15) is 13.2 Å². The van der Waals surface area contributed by atoms with Gasteiger partial charge in [-0.05, 0) is 43.9 Å². The Balaban J connectivity index is 1.76. The lowest BCUT2D eigenvalue weighted by Crippen LogP contribution is -2.40. The van der Waals surface area contributed by atoms with Crippen LogP contribution in [0.15, 0.2) is 28.7 Å². The van der Waals surface area contributed by atoms with Gasteiger partial charge in [0.15, 0.2) is 0 Å². The molecule has 0 radical (unpaired) electrons. The highest BCUT2D eigenvalue weighted by molar-refractivity contribution is 7.89. The summed E-state index contributed by atoms with van der Waals surface area (Å²) in [5.41, 5.74) is 3.26. The molecule has 0 aromatic heterocycles. The first-order valence-electron chi connectivity index (χ1n) is 8.33. The molecule has 1 saturated heterocycles. The minimum absolute atomic E-state index is 0.108. The summed E-state index contributed by atoms with van der Waals surface area (Å²) in [7, 11) is -3.56. The number of nitrogens with zero attached hydrogens (tertiary/aromatic N) is 1. The fourth-order valence-corrected chi connectivity index (χ4v) is 5.08. The molecule has 7 heteroatoms. The molecule has 1 amide bonds. The molecule has 2 fully saturated rings. The topological polar surface area (TPSA) is 75.7 Å². The van der Waals surface area contributed by atoms with Crippen LogP contribution in [0.5, 0.6) is 0 Å². The van der Waals surface area contributed by atoms with Gasteiger partial charge in [0, 0.05) is 29.9 Å². The quantitative estimate of drug-likeness (QED) is 0.830. The molecule has 0 atom stereocenters. The highest BCUT2D eigenvalue weighted by atomic mass is 32.2. The first-order chi connectivity index (χ1) is 11.6. The Morgan fingerprint density at radius 2 is 1.79 bits per heavy atom. The van der Waals surface area contributed by atoms with Gasteiger partial charge in [-0.1, -0.05) is 5.57 Å². The van der Waals surface area contributed by atoms with Crippen molar-refractivity contribution in [1.29, 1.82) is 0 Å². The first-order valence-corrected chi connectivity index (χ1v) is 9.77. The predicted octanol–water partition coefficient (Wildman–Crippen LogP) is 1.99. The van der Waals surface area contributed by atoms with Crippen LogP contribution >= 0.6 is 0 Å². The standard InChI is InChI=1S/C17H20N2O4S/c20-17-16(12-3-1-2-4-12)14-11-13(5-6-15(14)18-17)24(21,22)19-7-9-23-10-8-19/h5-6,11H,1-4,7-10H2,(H,18,20). The number of carbonyl (C=O) groups excluding carboxylic acids is 1. The van der Waals surface area contributed by atoms with Crippen LogP contribution < -0.4 is 5.32 Å². The zero-order valence-electron chi connectivity index (χ0n) is 13.4. The number of fused-ring (bicyclic) bond motifs is 1. The molecular weight excluding hydrogens is 328 g/mol. The van der Waals surface area contributed by atoms with Gasteiger partial charge in [-0.2, -0.15) is 4.31 Å². The maximum absolute atomic E-state index is 12.8. The van der Waals surface area contributed by atoms with Crippen LogP contribution in [0.1, 0.15) is 31.2 Å². The number of ether oxygens (including phenoxy) is 1. The van der Waals surface area contributed by atoms with Gasteiger partial charge >= 0.3 is 0 Å². The Morgan fingerprint density at radius 1 is 1.08 bits per heavy atom. The van der Waals surface area contributed by atoms with Crippen molar-refractivity contribution >= 4 is 27.2 Å². The van der Waals surface area contributed by atoms with E-state index < -0.39 is 10.0 Å². The second-order valence-corrected chi connectivity index (χ2v) is 8.30. The lowest BCUT2D eigenvalue weighted by molar-refractivity contribution is -0.110. The highest BCUT2D eigenvalue weighted by Crippen LogP contribution is 2.40. The Hall–Kier alpha value is -1.70. The number of nitrogens with one attached hydrogen (secondary N) is 1. The van der Waals surface area contributed by atoms with E-state index in [1.54, 1.807) is 18.2 Å². The van der Waals surface area contributed by atoms with Crippen molar-refractivity contribution in [1.82, 2.24) is 4.31 Å².